The van der Waals surface area contributed by atoms with Gasteiger partial charge < -0.3 is 14.6 Å². The van der Waals surface area contributed by atoms with Crippen LogP contribution in [0.3, 0.4) is 0 Å². The molecular weight excluding hydrogens is 462 g/mol. The van der Waals surface area contributed by atoms with E-state index >= 15 is 0 Å². The summed E-state index contributed by atoms with van der Waals surface area (Å²) in [5, 5.41) is 9.68. The van der Waals surface area contributed by atoms with Gasteiger partial charge in [0.25, 0.3) is 5.91 Å². The molecule has 3 aromatic rings. The summed E-state index contributed by atoms with van der Waals surface area (Å²) < 4.78 is 29.4. The molecule has 6 nitrogen and oxygen atoms in total. The SMILES string of the molecule is C[C@@H](c1ccccc1-c1ccc(F)cc1)n1cncc1C(=O)N1CCC(N2CC[C@H](O)[C@@H](F)C2)CC1. The second-order valence-electron chi connectivity index (χ2n) is 9.85. The molecule has 190 valence electrons. The van der Waals surface area contributed by atoms with E-state index in [0.717, 1.165) is 29.5 Å². The molecule has 0 saturated carbocycles. The van der Waals surface area contributed by atoms with Crippen LogP contribution in [0.4, 0.5) is 8.78 Å². The van der Waals surface area contributed by atoms with Crippen molar-refractivity contribution in [3.63, 3.8) is 0 Å². The largest absolute Gasteiger partial charge is 0.390 e. The molecule has 1 amide bonds. The van der Waals surface area contributed by atoms with E-state index < -0.39 is 12.3 Å². The highest BCUT2D eigenvalue weighted by Crippen LogP contribution is 2.31. The normalized spacial score (nSPS) is 22.5. The summed E-state index contributed by atoms with van der Waals surface area (Å²) in [6, 6.07) is 14.4. The highest BCUT2D eigenvalue weighted by molar-refractivity contribution is 5.92. The average molecular weight is 495 g/mol. The number of aliphatic hydroxyl groups is 1. The number of carbonyl (C=O) groups is 1. The lowest BCUT2D eigenvalue weighted by Crippen LogP contribution is -2.53. The van der Waals surface area contributed by atoms with Gasteiger partial charge in [-0.2, -0.15) is 0 Å². The zero-order valence-electron chi connectivity index (χ0n) is 20.4. The molecular formula is C28H32F2N4O2. The van der Waals surface area contributed by atoms with Crippen molar-refractivity contribution in [3.8, 4) is 11.1 Å². The molecule has 8 heteroatoms. The number of benzene rings is 2. The van der Waals surface area contributed by atoms with Gasteiger partial charge in [-0.1, -0.05) is 36.4 Å². The monoisotopic (exact) mass is 494 g/mol. The number of hydrogen-bond donors (Lipinski definition) is 1. The lowest BCUT2D eigenvalue weighted by Gasteiger charge is -2.42. The molecule has 1 N–H and O–H groups in total. The summed E-state index contributed by atoms with van der Waals surface area (Å²) in [6.45, 7) is 4.19. The van der Waals surface area contributed by atoms with Gasteiger partial charge in [0.2, 0.25) is 0 Å². The molecule has 2 fully saturated rings. The maximum atomic E-state index is 14.0. The molecule has 2 saturated heterocycles. The van der Waals surface area contributed by atoms with Crippen molar-refractivity contribution in [3.05, 3.63) is 78.1 Å². The fourth-order valence-electron chi connectivity index (χ4n) is 5.53. The Kier molecular flexibility index (Phi) is 7.16. The van der Waals surface area contributed by atoms with Crippen LogP contribution < -0.4 is 0 Å². The number of rotatable bonds is 5. The van der Waals surface area contributed by atoms with Crippen molar-refractivity contribution < 1.29 is 18.7 Å². The molecule has 5 rings (SSSR count). The number of likely N-dealkylation sites (tertiary alicyclic amines) is 2. The Morgan fingerprint density at radius 2 is 1.78 bits per heavy atom. The first-order valence-electron chi connectivity index (χ1n) is 12.6. The van der Waals surface area contributed by atoms with Gasteiger partial charge in [-0.05, 0) is 55.0 Å². The quantitative estimate of drug-likeness (QED) is 0.574. The molecule has 0 aliphatic carbocycles. The summed E-state index contributed by atoms with van der Waals surface area (Å²) in [5.41, 5.74) is 3.44. The predicted octanol–water partition coefficient (Wildman–Crippen LogP) is 4.31. The minimum Gasteiger partial charge on any atom is -0.390 e. The number of aromatic nitrogens is 2. The van der Waals surface area contributed by atoms with Crippen molar-refractivity contribution >= 4 is 5.91 Å². The molecule has 0 radical (unpaired) electrons. The standard InChI is InChI=1S/C28H32F2N4O2/c1-19(23-4-2-3-5-24(23)20-6-8-21(29)9-7-20)34-18-31-16-26(34)28(36)32-13-10-22(11-14-32)33-15-12-27(35)25(30)17-33/h2-9,16,18-19,22,25,27,35H,10-15,17H2,1H3/t19-,25-,27-/m0/s1. The fraction of sp³-hybridized carbons (Fsp3) is 0.429. The first kappa shape index (κ1) is 24.6. The summed E-state index contributed by atoms with van der Waals surface area (Å²) in [4.78, 5) is 21.8. The zero-order valence-corrected chi connectivity index (χ0v) is 20.4. The average Bonchev–Trinajstić information content (AvgIpc) is 3.40. The number of imidazole rings is 1. The lowest BCUT2D eigenvalue weighted by atomic mass is 9.95. The van der Waals surface area contributed by atoms with Crippen LogP contribution in [-0.2, 0) is 0 Å². The third-order valence-corrected chi connectivity index (χ3v) is 7.68. The van der Waals surface area contributed by atoms with Gasteiger partial charge in [0.15, 0.2) is 0 Å². The first-order chi connectivity index (χ1) is 17.4. The number of alkyl halides is 1. The van der Waals surface area contributed by atoms with Crippen molar-refractivity contribution in [2.75, 3.05) is 26.2 Å². The second-order valence-corrected chi connectivity index (χ2v) is 9.85. The Bertz CT molecular complexity index is 1190. The molecule has 3 atom stereocenters. The smallest absolute Gasteiger partial charge is 0.272 e. The van der Waals surface area contributed by atoms with Crippen molar-refractivity contribution in [1.82, 2.24) is 19.4 Å². The second kappa shape index (κ2) is 10.5. The van der Waals surface area contributed by atoms with E-state index in [4.69, 9.17) is 0 Å². The Morgan fingerprint density at radius 3 is 2.50 bits per heavy atom. The Balaban J connectivity index is 1.30. The van der Waals surface area contributed by atoms with Crippen LogP contribution in [0.15, 0.2) is 61.1 Å². The van der Waals surface area contributed by atoms with Gasteiger partial charge in [-0.3, -0.25) is 9.69 Å². The van der Waals surface area contributed by atoms with Crippen LogP contribution in [0.25, 0.3) is 11.1 Å². The van der Waals surface area contributed by atoms with Gasteiger partial charge in [0.1, 0.15) is 17.7 Å². The number of carbonyl (C=O) groups excluding carboxylic acids is 1. The molecule has 2 aliphatic rings. The summed E-state index contributed by atoms with van der Waals surface area (Å²) in [6.07, 6.45) is 3.26. The predicted molar refractivity (Wildman–Crippen MR) is 134 cm³/mol. The molecule has 0 bridgehead atoms. The van der Waals surface area contributed by atoms with Gasteiger partial charge >= 0.3 is 0 Å². The van der Waals surface area contributed by atoms with Crippen LogP contribution in [0.1, 0.15) is 48.3 Å². The molecule has 1 aromatic heterocycles. The number of nitrogens with zero attached hydrogens (tertiary/aromatic N) is 4. The van der Waals surface area contributed by atoms with Gasteiger partial charge in [0, 0.05) is 32.2 Å². The highest BCUT2D eigenvalue weighted by Gasteiger charge is 2.34. The number of amides is 1. The van der Waals surface area contributed by atoms with E-state index in [1.165, 1.54) is 12.1 Å². The molecule has 0 spiro atoms. The molecule has 2 aromatic carbocycles. The Morgan fingerprint density at radius 1 is 1.06 bits per heavy atom. The topological polar surface area (TPSA) is 61.6 Å². The van der Waals surface area contributed by atoms with E-state index in [2.05, 4.69) is 9.88 Å². The highest BCUT2D eigenvalue weighted by atomic mass is 19.1. The van der Waals surface area contributed by atoms with Crippen LogP contribution in [-0.4, -0.2) is 74.9 Å². The fourth-order valence-corrected chi connectivity index (χ4v) is 5.53. The van der Waals surface area contributed by atoms with Crippen molar-refractivity contribution in [2.45, 2.75) is 50.5 Å². The molecule has 3 heterocycles. The lowest BCUT2D eigenvalue weighted by molar-refractivity contribution is -0.0176. The van der Waals surface area contributed by atoms with Gasteiger partial charge in [0.05, 0.1) is 24.7 Å². The van der Waals surface area contributed by atoms with Crippen LogP contribution in [0.5, 0.6) is 0 Å². The third kappa shape index (κ3) is 4.92. The van der Waals surface area contributed by atoms with Crippen LogP contribution in [0, 0.1) is 5.82 Å². The van der Waals surface area contributed by atoms with E-state index in [1.807, 2.05) is 40.7 Å². The van der Waals surface area contributed by atoms with E-state index in [1.54, 1.807) is 24.7 Å². The van der Waals surface area contributed by atoms with Gasteiger partial charge in [-0.25, -0.2) is 13.8 Å². The molecule has 2 aliphatic heterocycles. The van der Waals surface area contributed by atoms with Crippen molar-refractivity contribution in [2.24, 2.45) is 0 Å². The Labute approximate surface area is 210 Å². The zero-order chi connectivity index (χ0) is 25.2. The van der Waals surface area contributed by atoms with Crippen LogP contribution >= 0.6 is 0 Å². The molecule has 0 unspecified atom stereocenters. The van der Waals surface area contributed by atoms with Gasteiger partial charge in [-0.15, -0.1) is 0 Å². The number of piperidine rings is 2. The number of halogens is 2. The number of aliphatic hydroxyl groups excluding tert-OH is 1. The van der Waals surface area contributed by atoms with Crippen molar-refractivity contribution in [1.29, 1.82) is 0 Å². The number of hydrogen-bond acceptors (Lipinski definition) is 4. The first-order valence-corrected chi connectivity index (χ1v) is 12.6. The summed E-state index contributed by atoms with van der Waals surface area (Å²) in [7, 11) is 0. The Hall–Kier alpha value is -3.10. The summed E-state index contributed by atoms with van der Waals surface area (Å²) in [5.74, 6) is -0.340. The maximum absolute atomic E-state index is 14.0. The van der Waals surface area contributed by atoms with E-state index in [-0.39, 0.29) is 30.4 Å². The summed E-state index contributed by atoms with van der Waals surface area (Å²) >= 11 is 0. The minimum atomic E-state index is -1.20. The molecule has 36 heavy (non-hydrogen) atoms. The van der Waals surface area contributed by atoms with Crippen LogP contribution in [0.2, 0.25) is 0 Å². The third-order valence-electron chi connectivity index (χ3n) is 7.68. The van der Waals surface area contributed by atoms with E-state index in [9.17, 15) is 18.7 Å². The maximum Gasteiger partial charge on any atom is 0.272 e. The van der Waals surface area contributed by atoms with E-state index in [0.29, 0.717) is 31.7 Å². The minimum absolute atomic E-state index is 0.0607.